The quantitative estimate of drug-likeness (QED) is 0.166. The van der Waals surface area contributed by atoms with Gasteiger partial charge in [-0.2, -0.15) is 0 Å². The molecule has 1 nitrogen and oxygen atoms in total. The molecule has 0 radical (unpaired) electrons. The number of carbonyl (C=O) groups excluding carboxylic acids is 1. The number of carbonyl (C=O) groups is 1. The van der Waals surface area contributed by atoms with Gasteiger partial charge in [0.1, 0.15) is 5.78 Å². The fourth-order valence-corrected chi connectivity index (χ4v) is 3.32. The Hall–Kier alpha value is -0.850. The maximum Gasteiger partial charge on any atom is 0.132 e. The van der Waals surface area contributed by atoms with E-state index in [1.165, 1.54) is 70.6 Å². The lowest BCUT2D eigenvalue weighted by molar-refractivity contribution is -0.119. The number of hydrogen-bond donors (Lipinski definition) is 0. The van der Waals surface area contributed by atoms with E-state index in [4.69, 9.17) is 0 Å². The maximum absolute atomic E-state index is 11.9. The predicted molar refractivity (Wildman–Crippen MR) is 118 cm³/mol. The highest BCUT2D eigenvalue weighted by molar-refractivity contribution is 5.78. The Labute approximate surface area is 164 Å². The van der Waals surface area contributed by atoms with Gasteiger partial charge in [0.15, 0.2) is 0 Å². The molecule has 0 amide bonds. The van der Waals surface area contributed by atoms with Crippen molar-refractivity contribution in [3.05, 3.63) is 24.3 Å². The zero-order valence-corrected chi connectivity index (χ0v) is 18.1. The van der Waals surface area contributed by atoms with Crippen LogP contribution in [-0.4, -0.2) is 5.78 Å². The van der Waals surface area contributed by atoms with Crippen LogP contribution in [0.15, 0.2) is 24.3 Å². The molecule has 0 saturated carbocycles. The Kier molecular flexibility index (Phi) is 19.8. The average molecular weight is 363 g/mol. The van der Waals surface area contributed by atoms with Gasteiger partial charge in [-0.25, -0.2) is 0 Å². The van der Waals surface area contributed by atoms with Gasteiger partial charge in [0.25, 0.3) is 0 Å². The minimum absolute atomic E-state index is 0.489. The number of unbranched alkanes of at least 4 members (excludes halogenated alkanes) is 8. The summed E-state index contributed by atoms with van der Waals surface area (Å²) in [4.78, 5) is 11.9. The van der Waals surface area contributed by atoms with Crippen LogP contribution in [0.1, 0.15) is 124 Å². The molecule has 0 aliphatic carbocycles. The van der Waals surface area contributed by atoms with Gasteiger partial charge in [-0.3, -0.25) is 4.79 Å². The summed E-state index contributed by atoms with van der Waals surface area (Å²) >= 11 is 0. The van der Waals surface area contributed by atoms with Crippen LogP contribution >= 0.6 is 0 Å². The average Bonchev–Trinajstić information content (AvgIpc) is 2.65. The van der Waals surface area contributed by atoms with Crippen LogP contribution in [0.25, 0.3) is 0 Å². The van der Waals surface area contributed by atoms with Gasteiger partial charge in [0.2, 0.25) is 0 Å². The summed E-state index contributed by atoms with van der Waals surface area (Å²) in [6.45, 7) is 6.72. The Morgan fingerprint density at radius 1 is 0.692 bits per heavy atom. The third-order valence-electron chi connectivity index (χ3n) is 5.39. The third-order valence-corrected chi connectivity index (χ3v) is 5.39. The summed E-state index contributed by atoms with van der Waals surface area (Å²) in [6.07, 6.45) is 28.1. The SMILES string of the molecule is CCCCC/C=C\C/C=C\CCCCCCCC(=O)CCC(CC)CC. The van der Waals surface area contributed by atoms with E-state index >= 15 is 0 Å². The summed E-state index contributed by atoms with van der Waals surface area (Å²) in [7, 11) is 0. The minimum Gasteiger partial charge on any atom is -0.300 e. The second-order valence-electron chi connectivity index (χ2n) is 7.74. The van der Waals surface area contributed by atoms with Crippen molar-refractivity contribution in [3.63, 3.8) is 0 Å². The van der Waals surface area contributed by atoms with Crippen molar-refractivity contribution in [1.82, 2.24) is 0 Å². The molecule has 0 bridgehead atoms. The van der Waals surface area contributed by atoms with Gasteiger partial charge < -0.3 is 0 Å². The van der Waals surface area contributed by atoms with Crippen molar-refractivity contribution in [2.75, 3.05) is 0 Å². The lowest BCUT2D eigenvalue weighted by Crippen LogP contribution is -2.03. The molecule has 0 fully saturated rings. The van der Waals surface area contributed by atoms with Gasteiger partial charge in [-0.1, -0.05) is 90.0 Å². The van der Waals surface area contributed by atoms with Crippen LogP contribution in [0, 0.1) is 5.92 Å². The fourth-order valence-electron chi connectivity index (χ4n) is 3.32. The molecule has 0 aromatic rings. The topological polar surface area (TPSA) is 17.1 Å². The monoisotopic (exact) mass is 362 g/mol. The normalized spacial score (nSPS) is 12.0. The Morgan fingerprint density at radius 2 is 1.27 bits per heavy atom. The second-order valence-corrected chi connectivity index (χ2v) is 7.74. The molecule has 0 rings (SSSR count). The molecule has 0 aromatic heterocycles. The van der Waals surface area contributed by atoms with Crippen molar-refractivity contribution in [3.8, 4) is 0 Å². The first-order valence-corrected chi connectivity index (χ1v) is 11.6. The van der Waals surface area contributed by atoms with E-state index in [1.54, 1.807) is 0 Å². The van der Waals surface area contributed by atoms with E-state index < -0.39 is 0 Å². The Morgan fingerprint density at radius 3 is 1.88 bits per heavy atom. The number of allylic oxidation sites excluding steroid dienone is 4. The smallest absolute Gasteiger partial charge is 0.132 e. The molecule has 0 aromatic carbocycles. The van der Waals surface area contributed by atoms with E-state index in [2.05, 4.69) is 45.1 Å². The first kappa shape index (κ1) is 25.1. The number of ketones is 1. The van der Waals surface area contributed by atoms with Gasteiger partial charge in [0, 0.05) is 12.8 Å². The standard InChI is InChI=1S/C25H46O/c1-4-7-8-9-10-11-12-13-14-15-16-17-18-19-20-21-25(26)23-22-24(5-2)6-3/h10-11,13-14,24H,4-9,12,15-23H2,1-3H3/b11-10-,14-13-. The molecule has 152 valence electrons. The van der Waals surface area contributed by atoms with E-state index in [0.29, 0.717) is 5.78 Å². The lowest BCUT2D eigenvalue weighted by atomic mass is 9.95. The number of rotatable bonds is 19. The van der Waals surface area contributed by atoms with Gasteiger partial charge in [-0.15, -0.1) is 0 Å². The van der Waals surface area contributed by atoms with E-state index in [-0.39, 0.29) is 0 Å². The van der Waals surface area contributed by atoms with E-state index in [1.807, 2.05) is 0 Å². The van der Waals surface area contributed by atoms with Crippen LogP contribution in [0.2, 0.25) is 0 Å². The van der Waals surface area contributed by atoms with Crippen molar-refractivity contribution in [2.24, 2.45) is 5.92 Å². The highest BCUT2D eigenvalue weighted by atomic mass is 16.1. The molecular formula is C25H46O. The van der Waals surface area contributed by atoms with Crippen LogP contribution in [-0.2, 0) is 4.79 Å². The zero-order chi connectivity index (χ0) is 19.3. The number of Topliss-reactive ketones (excluding diaryl/α,β-unsaturated/α-hetero) is 1. The van der Waals surface area contributed by atoms with Gasteiger partial charge in [0.05, 0.1) is 0 Å². The molecule has 0 unspecified atom stereocenters. The van der Waals surface area contributed by atoms with Crippen LogP contribution in [0.4, 0.5) is 0 Å². The van der Waals surface area contributed by atoms with Crippen molar-refractivity contribution in [1.29, 1.82) is 0 Å². The van der Waals surface area contributed by atoms with Crippen molar-refractivity contribution >= 4 is 5.78 Å². The molecule has 0 spiro atoms. The molecule has 26 heavy (non-hydrogen) atoms. The molecule has 0 N–H and O–H groups in total. The first-order chi connectivity index (χ1) is 12.7. The summed E-state index contributed by atoms with van der Waals surface area (Å²) in [6, 6.07) is 0. The molecule has 0 atom stereocenters. The highest BCUT2D eigenvalue weighted by Gasteiger charge is 2.07. The summed E-state index contributed by atoms with van der Waals surface area (Å²) in [5, 5.41) is 0. The molecule has 0 heterocycles. The lowest BCUT2D eigenvalue weighted by Gasteiger charge is -2.10. The molecule has 1 heteroatoms. The van der Waals surface area contributed by atoms with Crippen molar-refractivity contribution in [2.45, 2.75) is 124 Å². The largest absolute Gasteiger partial charge is 0.300 e. The number of hydrogen-bond acceptors (Lipinski definition) is 1. The fraction of sp³-hybridized carbons (Fsp3) is 0.800. The Balaban J connectivity index is 3.35. The zero-order valence-electron chi connectivity index (χ0n) is 18.1. The summed E-state index contributed by atoms with van der Waals surface area (Å²) in [5.41, 5.74) is 0. The molecular weight excluding hydrogens is 316 g/mol. The maximum atomic E-state index is 11.9. The molecule has 0 aliphatic heterocycles. The predicted octanol–water partition coefficient (Wildman–Crippen LogP) is 8.59. The summed E-state index contributed by atoms with van der Waals surface area (Å²) < 4.78 is 0. The highest BCUT2D eigenvalue weighted by Crippen LogP contribution is 2.16. The van der Waals surface area contributed by atoms with Crippen LogP contribution in [0.3, 0.4) is 0 Å². The van der Waals surface area contributed by atoms with Gasteiger partial charge in [-0.05, 0) is 50.9 Å². The van der Waals surface area contributed by atoms with Crippen LogP contribution in [0.5, 0.6) is 0 Å². The first-order valence-electron chi connectivity index (χ1n) is 11.6. The third kappa shape index (κ3) is 18.0. The minimum atomic E-state index is 0.489. The van der Waals surface area contributed by atoms with E-state index in [9.17, 15) is 4.79 Å². The van der Waals surface area contributed by atoms with Crippen LogP contribution < -0.4 is 0 Å². The second kappa shape index (κ2) is 20.5. The van der Waals surface area contributed by atoms with E-state index in [0.717, 1.165) is 38.0 Å². The molecule has 0 aliphatic rings. The summed E-state index contributed by atoms with van der Waals surface area (Å²) in [5.74, 6) is 1.24. The Bertz CT molecular complexity index is 349. The molecule has 0 saturated heterocycles. The van der Waals surface area contributed by atoms with Gasteiger partial charge >= 0.3 is 0 Å². The van der Waals surface area contributed by atoms with Crippen molar-refractivity contribution < 1.29 is 4.79 Å².